The molecule has 0 saturated heterocycles. The van der Waals surface area contributed by atoms with Crippen molar-refractivity contribution < 1.29 is 9.18 Å². The van der Waals surface area contributed by atoms with Gasteiger partial charge < -0.3 is 5.32 Å². The van der Waals surface area contributed by atoms with Crippen LogP contribution in [0.5, 0.6) is 0 Å². The number of benzene rings is 1. The van der Waals surface area contributed by atoms with E-state index >= 15 is 0 Å². The lowest BCUT2D eigenvalue weighted by Crippen LogP contribution is -2.31. The molecule has 0 atom stereocenters. The Hall–Kier alpha value is -0.420. The van der Waals surface area contributed by atoms with Crippen LogP contribution in [0.2, 0.25) is 0 Å². The van der Waals surface area contributed by atoms with Crippen molar-refractivity contribution in [1.29, 1.82) is 0 Å². The van der Waals surface area contributed by atoms with Gasteiger partial charge in [-0.25, -0.2) is 4.39 Å². The SMILES string of the molecule is O=C(NCC1(CBr)CC1)c1cc(F)cc(Br)c1. The number of carbonyl (C=O) groups excluding carboxylic acids is 1. The Labute approximate surface area is 116 Å². The molecule has 2 rings (SSSR count). The topological polar surface area (TPSA) is 29.1 Å². The quantitative estimate of drug-likeness (QED) is 0.814. The van der Waals surface area contributed by atoms with Gasteiger partial charge in [-0.05, 0) is 36.5 Å². The van der Waals surface area contributed by atoms with Crippen molar-refractivity contribution in [3.63, 3.8) is 0 Å². The van der Waals surface area contributed by atoms with E-state index in [1.807, 2.05) is 0 Å². The molecule has 1 aliphatic rings. The molecule has 0 spiro atoms. The molecule has 1 aromatic carbocycles. The van der Waals surface area contributed by atoms with E-state index in [9.17, 15) is 9.18 Å². The van der Waals surface area contributed by atoms with Gasteiger partial charge in [-0.3, -0.25) is 4.79 Å². The Kier molecular flexibility index (Phi) is 3.88. The first-order valence-electron chi connectivity index (χ1n) is 5.35. The van der Waals surface area contributed by atoms with Crippen LogP contribution in [-0.4, -0.2) is 17.8 Å². The highest BCUT2D eigenvalue weighted by molar-refractivity contribution is 9.10. The maximum absolute atomic E-state index is 13.1. The van der Waals surface area contributed by atoms with Crippen molar-refractivity contribution in [2.45, 2.75) is 12.8 Å². The summed E-state index contributed by atoms with van der Waals surface area (Å²) in [7, 11) is 0. The fourth-order valence-electron chi connectivity index (χ4n) is 1.59. The summed E-state index contributed by atoms with van der Waals surface area (Å²) in [6, 6.07) is 4.19. The van der Waals surface area contributed by atoms with Crippen LogP contribution >= 0.6 is 31.9 Å². The third-order valence-electron chi connectivity index (χ3n) is 2.99. The predicted octanol–water partition coefficient (Wildman–Crippen LogP) is 3.49. The van der Waals surface area contributed by atoms with Gasteiger partial charge in [0.2, 0.25) is 0 Å². The molecule has 1 N–H and O–H groups in total. The third-order valence-corrected chi connectivity index (χ3v) is 4.64. The van der Waals surface area contributed by atoms with E-state index in [-0.39, 0.29) is 11.3 Å². The number of carbonyl (C=O) groups is 1. The Morgan fingerprint density at radius 3 is 2.65 bits per heavy atom. The van der Waals surface area contributed by atoms with Crippen molar-refractivity contribution in [1.82, 2.24) is 5.32 Å². The monoisotopic (exact) mass is 363 g/mol. The number of halogens is 3. The zero-order valence-electron chi connectivity index (χ0n) is 9.10. The van der Waals surface area contributed by atoms with E-state index < -0.39 is 5.82 Å². The summed E-state index contributed by atoms with van der Waals surface area (Å²) in [4.78, 5) is 11.8. The summed E-state index contributed by atoms with van der Waals surface area (Å²) in [6.07, 6.45) is 2.26. The minimum Gasteiger partial charge on any atom is -0.351 e. The molecular weight excluding hydrogens is 353 g/mol. The summed E-state index contributed by atoms with van der Waals surface area (Å²) in [5.74, 6) is -0.636. The molecule has 5 heteroatoms. The summed E-state index contributed by atoms with van der Waals surface area (Å²) in [5.41, 5.74) is 0.572. The maximum Gasteiger partial charge on any atom is 0.251 e. The van der Waals surface area contributed by atoms with Crippen LogP contribution in [0, 0.1) is 11.2 Å². The molecule has 0 aromatic heterocycles. The smallest absolute Gasteiger partial charge is 0.251 e. The van der Waals surface area contributed by atoms with E-state index in [1.165, 1.54) is 12.1 Å². The molecule has 1 fully saturated rings. The van der Waals surface area contributed by atoms with E-state index in [4.69, 9.17) is 0 Å². The van der Waals surface area contributed by atoms with E-state index in [1.54, 1.807) is 6.07 Å². The number of amides is 1. The third kappa shape index (κ3) is 3.28. The fraction of sp³-hybridized carbons (Fsp3) is 0.417. The summed E-state index contributed by atoms with van der Waals surface area (Å²) in [5, 5.41) is 3.75. The van der Waals surface area contributed by atoms with E-state index in [2.05, 4.69) is 37.2 Å². The van der Waals surface area contributed by atoms with Gasteiger partial charge in [0.05, 0.1) is 0 Å². The largest absolute Gasteiger partial charge is 0.351 e. The van der Waals surface area contributed by atoms with Gasteiger partial charge >= 0.3 is 0 Å². The first-order valence-corrected chi connectivity index (χ1v) is 7.26. The van der Waals surface area contributed by atoms with Crippen molar-refractivity contribution in [2.24, 2.45) is 5.41 Å². The van der Waals surface area contributed by atoms with Gasteiger partial charge in [0, 0.05) is 21.9 Å². The lowest BCUT2D eigenvalue weighted by molar-refractivity contribution is 0.0946. The van der Waals surface area contributed by atoms with E-state index in [0.29, 0.717) is 16.6 Å². The van der Waals surface area contributed by atoms with Gasteiger partial charge in [0.25, 0.3) is 5.91 Å². The Morgan fingerprint density at radius 2 is 2.12 bits per heavy atom. The molecule has 0 heterocycles. The van der Waals surface area contributed by atoms with Gasteiger partial charge in [-0.2, -0.15) is 0 Å². The van der Waals surface area contributed by atoms with Crippen molar-refractivity contribution in [3.8, 4) is 0 Å². The fourth-order valence-corrected chi connectivity index (χ4v) is 2.81. The standard InChI is InChI=1S/C12H12Br2FNO/c13-6-12(1-2-12)7-16-11(17)8-3-9(14)5-10(15)4-8/h3-5H,1-2,6-7H2,(H,16,17). The minimum absolute atomic E-state index is 0.222. The first kappa shape index (κ1) is 13.0. The maximum atomic E-state index is 13.1. The second kappa shape index (κ2) is 5.06. The molecule has 0 bridgehead atoms. The normalized spacial score (nSPS) is 16.6. The molecule has 1 saturated carbocycles. The molecular formula is C12H12Br2FNO. The van der Waals surface area contributed by atoms with Crippen LogP contribution in [0.25, 0.3) is 0 Å². The highest BCUT2D eigenvalue weighted by Gasteiger charge is 2.41. The predicted molar refractivity (Wildman–Crippen MR) is 71.9 cm³/mol. The second-order valence-corrected chi connectivity index (χ2v) is 5.95. The van der Waals surface area contributed by atoms with Gasteiger partial charge in [-0.15, -0.1) is 0 Å². The van der Waals surface area contributed by atoms with Crippen LogP contribution in [0.1, 0.15) is 23.2 Å². The Balaban J connectivity index is 1.99. The lowest BCUT2D eigenvalue weighted by atomic mass is 10.1. The summed E-state index contributed by atoms with van der Waals surface area (Å²) >= 11 is 6.61. The zero-order valence-corrected chi connectivity index (χ0v) is 12.3. The number of hydrogen-bond acceptors (Lipinski definition) is 1. The lowest BCUT2D eigenvalue weighted by Gasteiger charge is -2.12. The van der Waals surface area contributed by atoms with Gasteiger partial charge in [0.1, 0.15) is 5.82 Å². The molecule has 1 aromatic rings. The van der Waals surface area contributed by atoms with Crippen LogP contribution < -0.4 is 5.32 Å². The van der Waals surface area contributed by atoms with Crippen LogP contribution in [0.15, 0.2) is 22.7 Å². The molecule has 17 heavy (non-hydrogen) atoms. The van der Waals surface area contributed by atoms with Crippen molar-refractivity contribution in [3.05, 3.63) is 34.1 Å². The van der Waals surface area contributed by atoms with Gasteiger partial charge in [0.15, 0.2) is 0 Å². The van der Waals surface area contributed by atoms with Crippen molar-refractivity contribution in [2.75, 3.05) is 11.9 Å². The van der Waals surface area contributed by atoms with Crippen molar-refractivity contribution >= 4 is 37.8 Å². The number of nitrogens with one attached hydrogen (secondary N) is 1. The van der Waals surface area contributed by atoms with E-state index in [0.717, 1.165) is 18.2 Å². The highest BCUT2D eigenvalue weighted by atomic mass is 79.9. The molecule has 0 radical (unpaired) electrons. The molecule has 0 unspecified atom stereocenters. The van der Waals surface area contributed by atoms with Crippen LogP contribution in [0.3, 0.4) is 0 Å². The Morgan fingerprint density at radius 1 is 1.41 bits per heavy atom. The molecule has 1 aliphatic carbocycles. The molecule has 1 amide bonds. The minimum atomic E-state index is -0.411. The van der Waals surface area contributed by atoms with Gasteiger partial charge in [-0.1, -0.05) is 31.9 Å². The average molecular weight is 365 g/mol. The zero-order chi connectivity index (χ0) is 12.5. The number of hydrogen-bond donors (Lipinski definition) is 1. The summed E-state index contributed by atoms with van der Waals surface area (Å²) < 4.78 is 13.7. The number of alkyl halides is 1. The number of rotatable bonds is 4. The first-order chi connectivity index (χ1) is 8.04. The molecule has 2 nitrogen and oxygen atoms in total. The molecule has 92 valence electrons. The second-order valence-electron chi connectivity index (χ2n) is 4.47. The van der Waals surface area contributed by atoms with Crippen LogP contribution in [-0.2, 0) is 0 Å². The highest BCUT2D eigenvalue weighted by Crippen LogP contribution is 2.46. The average Bonchev–Trinajstić information content (AvgIpc) is 3.05. The molecule has 0 aliphatic heterocycles. The van der Waals surface area contributed by atoms with Crippen LogP contribution in [0.4, 0.5) is 4.39 Å². The Bertz CT molecular complexity index is 426. The summed E-state index contributed by atoms with van der Waals surface area (Å²) in [6.45, 7) is 0.644.